The van der Waals surface area contributed by atoms with Gasteiger partial charge in [0, 0.05) is 0 Å². The molecule has 178 valence electrons. The molecule has 0 amide bonds. The van der Waals surface area contributed by atoms with Crippen molar-refractivity contribution in [3.8, 4) is 0 Å². The SMILES string of the molecule is CC(CCC(COC(=O)C1CCC(C(C)C)CC1)C(C)CC(C)(C)C)CC(C)(C)C. The molecule has 0 radical (unpaired) electrons. The summed E-state index contributed by atoms with van der Waals surface area (Å²) >= 11 is 0. The van der Waals surface area contributed by atoms with Crippen molar-refractivity contribution in [1.82, 2.24) is 0 Å². The van der Waals surface area contributed by atoms with Crippen LogP contribution < -0.4 is 0 Å². The molecule has 0 aromatic rings. The van der Waals surface area contributed by atoms with Gasteiger partial charge in [0.1, 0.15) is 0 Å². The van der Waals surface area contributed by atoms with Crippen LogP contribution in [-0.4, -0.2) is 12.6 Å². The summed E-state index contributed by atoms with van der Waals surface area (Å²) in [5.74, 6) is 3.51. The largest absolute Gasteiger partial charge is 0.465 e. The molecular weight excluding hydrogens is 368 g/mol. The van der Waals surface area contributed by atoms with Crippen molar-refractivity contribution in [2.75, 3.05) is 6.61 Å². The zero-order valence-electron chi connectivity index (χ0n) is 22.1. The molecule has 30 heavy (non-hydrogen) atoms. The lowest BCUT2D eigenvalue weighted by Crippen LogP contribution is -2.29. The van der Waals surface area contributed by atoms with Gasteiger partial charge in [-0.05, 0) is 85.4 Å². The second-order valence-electron chi connectivity index (χ2n) is 13.4. The number of ether oxygens (including phenoxy) is 1. The van der Waals surface area contributed by atoms with Crippen LogP contribution in [0.4, 0.5) is 0 Å². The molecule has 0 heterocycles. The fourth-order valence-corrected chi connectivity index (χ4v) is 5.64. The van der Waals surface area contributed by atoms with Crippen molar-refractivity contribution >= 4 is 5.97 Å². The lowest BCUT2D eigenvalue weighted by Gasteiger charge is -2.32. The molecule has 1 rings (SSSR count). The molecule has 3 unspecified atom stereocenters. The van der Waals surface area contributed by atoms with Crippen molar-refractivity contribution in [2.45, 2.75) is 121 Å². The van der Waals surface area contributed by atoms with Gasteiger partial charge < -0.3 is 4.74 Å². The van der Waals surface area contributed by atoms with E-state index in [9.17, 15) is 4.79 Å². The smallest absolute Gasteiger partial charge is 0.308 e. The van der Waals surface area contributed by atoms with Crippen molar-refractivity contribution in [3.05, 3.63) is 0 Å². The number of carbonyl (C=O) groups excluding carboxylic acids is 1. The third-order valence-electron chi connectivity index (χ3n) is 7.22. The number of carbonyl (C=O) groups is 1. The number of esters is 1. The van der Waals surface area contributed by atoms with Gasteiger partial charge in [0.05, 0.1) is 12.5 Å². The van der Waals surface area contributed by atoms with E-state index in [2.05, 4.69) is 69.2 Å². The van der Waals surface area contributed by atoms with E-state index in [0.29, 0.717) is 29.3 Å². The summed E-state index contributed by atoms with van der Waals surface area (Å²) in [6.07, 6.45) is 9.25. The molecule has 0 spiro atoms. The van der Waals surface area contributed by atoms with Crippen LogP contribution in [0.25, 0.3) is 0 Å². The monoisotopic (exact) mass is 422 g/mol. The van der Waals surface area contributed by atoms with Gasteiger partial charge in [-0.25, -0.2) is 0 Å². The fraction of sp³-hybridized carbons (Fsp3) is 0.964. The first kappa shape index (κ1) is 27.5. The Morgan fingerprint density at radius 2 is 1.37 bits per heavy atom. The second kappa shape index (κ2) is 11.9. The van der Waals surface area contributed by atoms with E-state index in [0.717, 1.165) is 30.6 Å². The van der Waals surface area contributed by atoms with Gasteiger partial charge in [0.2, 0.25) is 0 Å². The van der Waals surface area contributed by atoms with Gasteiger partial charge in [-0.1, -0.05) is 75.7 Å². The van der Waals surface area contributed by atoms with Gasteiger partial charge in [-0.2, -0.15) is 0 Å². The average molecular weight is 423 g/mol. The highest BCUT2D eigenvalue weighted by Gasteiger charge is 2.30. The molecule has 2 nitrogen and oxygen atoms in total. The van der Waals surface area contributed by atoms with E-state index in [1.165, 1.54) is 38.5 Å². The molecular formula is C28H54O2. The van der Waals surface area contributed by atoms with E-state index in [-0.39, 0.29) is 11.9 Å². The summed E-state index contributed by atoms with van der Waals surface area (Å²) in [6, 6.07) is 0. The Kier molecular flexibility index (Phi) is 10.9. The Hall–Kier alpha value is -0.530. The first-order valence-electron chi connectivity index (χ1n) is 12.8. The zero-order valence-corrected chi connectivity index (χ0v) is 22.1. The van der Waals surface area contributed by atoms with Crippen LogP contribution in [-0.2, 0) is 9.53 Å². The summed E-state index contributed by atoms with van der Waals surface area (Å²) in [5.41, 5.74) is 0.696. The maximum Gasteiger partial charge on any atom is 0.308 e. The molecule has 1 saturated carbocycles. The molecule has 2 heteroatoms. The van der Waals surface area contributed by atoms with Crippen molar-refractivity contribution in [1.29, 1.82) is 0 Å². The summed E-state index contributed by atoms with van der Waals surface area (Å²) in [4.78, 5) is 12.8. The minimum atomic E-state index is 0.0768. The number of hydrogen-bond acceptors (Lipinski definition) is 2. The van der Waals surface area contributed by atoms with Crippen LogP contribution in [0.15, 0.2) is 0 Å². The normalized spacial score (nSPS) is 23.8. The first-order valence-corrected chi connectivity index (χ1v) is 12.8. The lowest BCUT2D eigenvalue weighted by atomic mass is 9.76. The summed E-state index contributed by atoms with van der Waals surface area (Å²) in [5, 5.41) is 0. The van der Waals surface area contributed by atoms with Crippen LogP contribution in [0.2, 0.25) is 0 Å². The van der Waals surface area contributed by atoms with Crippen LogP contribution in [0, 0.1) is 46.3 Å². The van der Waals surface area contributed by atoms with E-state index < -0.39 is 0 Å². The third-order valence-corrected chi connectivity index (χ3v) is 7.22. The molecule has 1 fully saturated rings. The van der Waals surface area contributed by atoms with Crippen LogP contribution in [0.5, 0.6) is 0 Å². The third kappa shape index (κ3) is 11.2. The topological polar surface area (TPSA) is 26.3 Å². The van der Waals surface area contributed by atoms with Gasteiger partial charge in [0.15, 0.2) is 0 Å². The standard InChI is InChI=1S/C28H54O2/c1-20(2)23-13-15-24(16-14-23)26(29)30-19-25(22(4)18-28(8,9)10)12-11-21(3)17-27(5,6)7/h20-25H,11-19H2,1-10H3. The average Bonchev–Trinajstić information content (AvgIpc) is 2.58. The molecule has 1 aliphatic rings. The molecule has 0 saturated heterocycles. The van der Waals surface area contributed by atoms with E-state index in [1.807, 2.05) is 0 Å². The van der Waals surface area contributed by atoms with Crippen LogP contribution in [0.1, 0.15) is 121 Å². The minimum Gasteiger partial charge on any atom is -0.465 e. The maximum absolute atomic E-state index is 12.8. The molecule has 0 aromatic heterocycles. The highest BCUT2D eigenvalue weighted by atomic mass is 16.5. The predicted molar refractivity (Wildman–Crippen MR) is 130 cm³/mol. The molecule has 0 bridgehead atoms. The van der Waals surface area contributed by atoms with Gasteiger partial charge in [0.25, 0.3) is 0 Å². The van der Waals surface area contributed by atoms with E-state index in [4.69, 9.17) is 4.74 Å². The van der Waals surface area contributed by atoms with Gasteiger partial charge in [-0.3, -0.25) is 4.79 Å². The molecule has 1 aliphatic carbocycles. The highest BCUT2D eigenvalue weighted by molar-refractivity contribution is 5.72. The van der Waals surface area contributed by atoms with Crippen molar-refractivity contribution < 1.29 is 9.53 Å². The Morgan fingerprint density at radius 3 is 1.83 bits per heavy atom. The molecule has 0 aliphatic heterocycles. The minimum absolute atomic E-state index is 0.0768. The van der Waals surface area contributed by atoms with Crippen molar-refractivity contribution in [3.63, 3.8) is 0 Å². The van der Waals surface area contributed by atoms with Gasteiger partial charge in [-0.15, -0.1) is 0 Å². The Labute approximate surface area is 189 Å². The number of hydrogen-bond donors (Lipinski definition) is 0. The van der Waals surface area contributed by atoms with Crippen molar-refractivity contribution in [2.24, 2.45) is 46.3 Å². The summed E-state index contributed by atoms with van der Waals surface area (Å²) in [7, 11) is 0. The summed E-state index contributed by atoms with van der Waals surface area (Å²) < 4.78 is 5.97. The quantitative estimate of drug-likeness (QED) is 0.330. The molecule has 3 atom stereocenters. The molecule has 0 N–H and O–H groups in total. The van der Waals surface area contributed by atoms with Gasteiger partial charge >= 0.3 is 5.97 Å². The Bertz CT molecular complexity index is 486. The first-order chi connectivity index (χ1) is 13.7. The van der Waals surface area contributed by atoms with Crippen LogP contribution >= 0.6 is 0 Å². The summed E-state index contributed by atoms with van der Waals surface area (Å²) in [6.45, 7) is 23.9. The highest BCUT2D eigenvalue weighted by Crippen LogP contribution is 2.36. The Balaban J connectivity index is 2.61. The number of rotatable bonds is 10. The predicted octanol–water partition coefficient (Wildman–Crippen LogP) is 8.53. The van der Waals surface area contributed by atoms with E-state index in [1.54, 1.807) is 0 Å². The molecule has 0 aromatic carbocycles. The maximum atomic E-state index is 12.8. The van der Waals surface area contributed by atoms with Crippen LogP contribution in [0.3, 0.4) is 0 Å². The van der Waals surface area contributed by atoms with E-state index >= 15 is 0 Å². The lowest BCUT2D eigenvalue weighted by molar-refractivity contribution is -0.152. The Morgan fingerprint density at radius 1 is 0.833 bits per heavy atom. The fourth-order valence-electron chi connectivity index (χ4n) is 5.64. The second-order valence-corrected chi connectivity index (χ2v) is 13.4. The zero-order chi connectivity index (χ0) is 23.1.